The second kappa shape index (κ2) is 11.1. The maximum absolute atomic E-state index is 13.4. The Bertz CT molecular complexity index is 1070. The number of hydrogen-bond donors (Lipinski definition) is 3. The average molecular weight is 500 g/mol. The summed E-state index contributed by atoms with van der Waals surface area (Å²) in [6, 6.07) is 13.9. The van der Waals surface area contributed by atoms with Gasteiger partial charge in [-0.15, -0.1) is 0 Å². The van der Waals surface area contributed by atoms with Gasteiger partial charge in [0, 0.05) is 18.0 Å². The van der Waals surface area contributed by atoms with E-state index in [2.05, 4.69) is 10.8 Å². The molecule has 1 fully saturated rings. The maximum atomic E-state index is 13.4. The molecule has 2 aliphatic rings. The van der Waals surface area contributed by atoms with E-state index >= 15 is 0 Å². The number of carbonyl (C=O) groups is 2. The minimum absolute atomic E-state index is 0.0131. The molecule has 2 heterocycles. The number of aliphatic hydroxyl groups is 1. The molecule has 3 N–H and O–H groups in total. The molecular weight excluding hydrogens is 470 g/mol. The molecule has 2 aliphatic heterocycles. The summed E-state index contributed by atoms with van der Waals surface area (Å²) in [5.74, 6) is 0.695. The van der Waals surface area contributed by atoms with Gasteiger partial charge in [0.2, 0.25) is 11.8 Å². The number of rotatable bonds is 8. The van der Waals surface area contributed by atoms with Crippen LogP contribution in [-0.4, -0.2) is 53.7 Å². The highest BCUT2D eigenvalue weighted by molar-refractivity contribution is 6.30. The number of methoxy groups -OCH3 is 1. The molecule has 0 spiro atoms. The molecule has 0 bridgehead atoms. The van der Waals surface area contributed by atoms with E-state index in [0.717, 1.165) is 16.9 Å². The number of benzene rings is 2. The van der Waals surface area contributed by atoms with E-state index in [9.17, 15) is 14.7 Å². The molecule has 35 heavy (non-hydrogen) atoms. The summed E-state index contributed by atoms with van der Waals surface area (Å²) in [6.45, 7) is 2.02. The van der Waals surface area contributed by atoms with Crippen molar-refractivity contribution in [3.8, 4) is 5.75 Å². The summed E-state index contributed by atoms with van der Waals surface area (Å²) >= 11 is 6.08. The zero-order valence-corrected chi connectivity index (χ0v) is 20.5. The van der Waals surface area contributed by atoms with E-state index in [0.29, 0.717) is 17.2 Å². The van der Waals surface area contributed by atoms with Crippen LogP contribution in [0.3, 0.4) is 0 Å². The van der Waals surface area contributed by atoms with Crippen LogP contribution in [0.25, 0.3) is 0 Å². The molecule has 2 aromatic carbocycles. The zero-order chi connectivity index (χ0) is 24.9. The number of ether oxygens (including phenoxy) is 1. The van der Waals surface area contributed by atoms with Gasteiger partial charge in [0.25, 0.3) is 0 Å². The Morgan fingerprint density at radius 2 is 1.94 bits per heavy atom. The van der Waals surface area contributed by atoms with Crippen molar-refractivity contribution < 1.29 is 24.3 Å². The first-order chi connectivity index (χ1) is 16.8. The van der Waals surface area contributed by atoms with Gasteiger partial charge < -0.3 is 24.9 Å². The molecule has 8 nitrogen and oxygen atoms in total. The van der Waals surface area contributed by atoms with E-state index in [1.807, 2.05) is 49.4 Å². The third-order valence-electron chi connectivity index (χ3n) is 6.23. The van der Waals surface area contributed by atoms with Gasteiger partial charge in [0.1, 0.15) is 17.6 Å². The van der Waals surface area contributed by atoms with Crippen LogP contribution >= 0.6 is 11.6 Å². The zero-order valence-electron chi connectivity index (χ0n) is 19.7. The molecule has 9 heteroatoms. The molecule has 0 saturated carbocycles. The molecule has 1 saturated heterocycles. The third-order valence-corrected chi connectivity index (χ3v) is 6.48. The average Bonchev–Trinajstić information content (AvgIpc) is 3.44. The summed E-state index contributed by atoms with van der Waals surface area (Å²) in [5.41, 5.74) is 4.68. The van der Waals surface area contributed by atoms with Crippen LogP contribution in [0.5, 0.6) is 5.75 Å². The summed E-state index contributed by atoms with van der Waals surface area (Å²) < 4.78 is 5.24. The number of nitrogens with zero attached hydrogens (tertiary/aromatic N) is 1. The molecule has 0 aliphatic carbocycles. The maximum Gasteiger partial charge on any atom is 0.243 e. The van der Waals surface area contributed by atoms with Gasteiger partial charge in [-0.2, -0.15) is 5.48 Å². The van der Waals surface area contributed by atoms with E-state index in [-0.39, 0.29) is 43.3 Å². The first-order valence-corrected chi connectivity index (χ1v) is 12.0. The molecule has 4 atom stereocenters. The van der Waals surface area contributed by atoms with Gasteiger partial charge >= 0.3 is 0 Å². The lowest BCUT2D eigenvalue weighted by atomic mass is 9.98. The fraction of sp³-hybridized carbons (Fsp3) is 0.385. The Hall–Kier alpha value is -3.07. The summed E-state index contributed by atoms with van der Waals surface area (Å²) in [6.07, 6.45) is 1.80. The van der Waals surface area contributed by atoms with E-state index < -0.39 is 12.1 Å². The van der Waals surface area contributed by atoms with Crippen molar-refractivity contribution in [3.05, 3.63) is 76.5 Å². The van der Waals surface area contributed by atoms with E-state index in [1.165, 1.54) is 4.90 Å². The van der Waals surface area contributed by atoms with Gasteiger partial charge in [-0.05, 0) is 54.8 Å². The topological polar surface area (TPSA) is 100 Å². The van der Waals surface area contributed by atoms with Crippen LogP contribution in [0, 0.1) is 0 Å². The van der Waals surface area contributed by atoms with Crippen molar-refractivity contribution in [2.45, 2.75) is 50.4 Å². The highest BCUT2D eigenvalue weighted by Crippen LogP contribution is 2.26. The lowest BCUT2D eigenvalue weighted by molar-refractivity contribution is -0.138. The van der Waals surface area contributed by atoms with Gasteiger partial charge in [-0.3, -0.25) is 9.59 Å². The smallest absolute Gasteiger partial charge is 0.243 e. The van der Waals surface area contributed by atoms with Crippen molar-refractivity contribution in [2.24, 2.45) is 0 Å². The largest absolute Gasteiger partial charge is 0.497 e. The van der Waals surface area contributed by atoms with Crippen LogP contribution in [0.4, 0.5) is 0 Å². The molecule has 1 unspecified atom stereocenters. The molecule has 186 valence electrons. The number of likely N-dealkylation sites (tertiary alicyclic amines) is 1. The van der Waals surface area contributed by atoms with Gasteiger partial charge in [0.05, 0.1) is 31.7 Å². The Labute approximate surface area is 209 Å². The van der Waals surface area contributed by atoms with Crippen LogP contribution in [0.1, 0.15) is 36.9 Å². The fourth-order valence-electron chi connectivity index (χ4n) is 4.41. The Morgan fingerprint density at radius 1 is 1.23 bits per heavy atom. The number of nitrogens with one attached hydrogen (secondary N) is 2. The Kier molecular flexibility index (Phi) is 7.95. The first-order valence-electron chi connectivity index (χ1n) is 11.6. The monoisotopic (exact) mass is 499 g/mol. The lowest BCUT2D eigenvalue weighted by Gasteiger charge is -2.27. The summed E-state index contributed by atoms with van der Waals surface area (Å²) in [4.78, 5) is 33.1. The van der Waals surface area contributed by atoms with Crippen LogP contribution in [0.15, 0.2) is 60.4 Å². The number of amides is 2. The predicted octanol–water partition coefficient (Wildman–Crippen LogP) is 2.91. The van der Waals surface area contributed by atoms with Crippen molar-refractivity contribution in [2.75, 3.05) is 13.7 Å². The normalized spacial score (nSPS) is 22.3. The minimum atomic E-state index is -0.768. The minimum Gasteiger partial charge on any atom is -0.497 e. The molecule has 4 rings (SSSR count). The van der Waals surface area contributed by atoms with Gasteiger partial charge in [0.15, 0.2) is 0 Å². The number of hydrogen-bond acceptors (Lipinski definition) is 6. The fourth-order valence-corrected chi connectivity index (χ4v) is 4.54. The molecule has 2 amide bonds. The number of hydroxylamine groups is 1. The van der Waals surface area contributed by atoms with Crippen molar-refractivity contribution in [3.63, 3.8) is 0 Å². The molecule has 2 aromatic rings. The number of β-amino-alcohol motifs (C(OH)–C–C–N with tert-alkyl or cyclic N) is 1. The van der Waals surface area contributed by atoms with E-state index in [4.69, 9.17) is 21.2 Å². The summed E-state index contributed by atoms with van der Waals surface area (Å²) in [5, 5.41) is 14.0. The Balaban J connectivity index is 1.50. The number of halogens is 1. The third kappa shape index (κ3) is 6.33. The van der Waals surface area contributed by atoms with Crippen LogP contribution in [0.2, 0.25) is 5.02 Å². The van der Waals surface area contributed by atoms with Crippen LogP contribution in [-0.2, 0) is 20.8 Å². The number of aliphatic hydroxyl groups excluding tert-OH is 1. The van der Waals surface area contributed by atoms with Crippen molar-refractivity contribution >= 4 is 23.4 Å². The molecule has 0 aromatic heterocycles. The first kappa shape index (κ1) is 25.0. The van der Waals surface area contributed by atoms with Crippen molar-refractivity contribution in [1.82, 2.24) is 15.7 Å². The summed E-state index contributed by atoms with van der Waals surface area (Å²) in [7, 11) is 1.61. The second-order valence-electron chi connectivity index (χ2n) is 8.93. The van der Waals surface area contributed by atoms with Gasteiger partial charge in [-0.25, -0.2) is 0 Å². The lowest BCUT2D eigenvalue weighted by Crippen LogP contribution is -2.47. The Morgan fingerprint density at radius 3 is 2.57 bits per heavy atom. The molecule has 0 radical (unpaired) electrons. The van der Waals surface area contributed by atoms with Crippen LogP contribution < -0.4 is 15.5 Å². The standard InChI is InChI=1S/C26H30ClN3O5/c1-16-11-22(35-29-16)14-25(32)30-15-20(31)13-24(30)26(33)28-23(18-5-7-19(27)8-6-18)12-17-3-9-21(34-2)10-4-17/h3-11,16,20,23-24,29,31H,12-15H2,1-2H3,(H,28,33)/t16?,20-,23+,24+/m1/s1. The SMILES string of the molecule is COc1ccc(C[C@H](NC(=O)[C@@H]2C[C@@H](O)CN2C(=O)CC2=CC(C)NO2)c2ccc(Cl)cc2)cc1. The second-order valence-corrected chi connectivity index (χ2v) is 9.37. The molecular formula is C26H30ClN3O5. The quantitative estimate of drug-likeness (QED) is 0.516. The number of carbonyl (C=O) groups excluding carboxylic acids is 2. The highest BCUT2D eigenvalue weighted by Gasteiger charge is 2.40. The van der Waals surface area contributed by atoms with Gasteiger partial charge in [-0.1, -0.05) is 35.9 Å². The predicted molar refractivity (Wildman–Crippen MR) is 132 cm³/mol. The van der Waals surface area contributed by atoms with Crippen molar-refractivity contribution in [1.29, 1.82) is 0 Å². The van der Waals surface area contributed by atoms with E-state index in [1.54, 1.807) is 19.2 Å². The highest BCUT2D eigenvalue weighted by atomic mass is 35.5.